The number of hydrogen-bond acceptors (Lipinski definition) is 3. The molecule has 1 fully saturated rings. The smallest absolute Gasteiger partial charge is 0.0524 e. The van der Waals surface area contributed by atoms with Gasteiger partial charge in [0.2, 0.25) is 0 Å². The number of nitrogens with one attached hydrogen (secondary N) is 1. The minimum Gasteiger partial charge on any atom is -0.311 e. The summed E-state index contributed by atoms with van der Waals surface area (Å²) in [6.45, 7) is 10.8. The Balaban J connectivity index is 0.00000144. The fourth-order valence-corrected chi connectivity index (χ4v) is 2.30. The molecule has 1 aliphatic rings. The predicted octanol–water partition coefficient (Wildman–Crippen LogP) is 1.51. The van der Waals surface area contributed by atoms with Crippen molar-refractivity contribution in [3.05, 3.63) is 18.0 Å². The summed E-state index contributed by atoms with van der Waals surface area (Å²) in [6.07, 6.45) is 1.90. The van der Waals surface area contributed by atoms with Crippen LogP contribution in [0.1, 0.15) is 26.5 Å². The van der Waals surface area contributed by atoms with Crippen molar-refractivity contribution in [3.63, 3.8) is 0 Å². The highest BCUT2D eigenvalue weighted by molar-refractivity contribution is 5.85. The lowest BCUT2D eigenvalue weighted by atomic mass is 10.1. The molecule has 0 amide bonds. The topological polar surface area (TPSA) is 33.1 Å². The second kappa shape index (κ2) is 6.38. The van der Waals surface area contributed by atoms with E-state index in [-0.39, 0.29) is 12.4 Å². The van der Waals surface area contributed by atoms with Gasteiger partial charge in [-0.05, 0) is 26.8 Å². The van der Waals surface area contributed by atoms with Crippen LogP contribution in [0.2, 0.25) is 0 Å². The zero-order valence-corrected chi connectivity index (χ0v) is 11.7. The third-order valence-corrected chi connectivity index (χ3v) is 3.36. The predicted molar refractivity (Wildman–Crippen MR) is 72.5 cm³/mol. The van der Waals surface area contributed by atoms with Crippen molar-refractivity contribution in [1.82, 2.24) is 20.0 Å². The molecule has 0 bridgehead atoms. The van der Waals surface area contributed by atoms with E-state index in [1.54, 1.807) is 0 Å². The van der Waals surface area contributed by atoms with Crippen LogP contribution in [0.5, 0.6) is 0 Å². The normalized spacial score (nSPS) is 25.6. The molecule has 1 saturated heterocycles. The number of rotatable bonds is 3. The van der Waals surface area contributed by atoms with E-state index >= 15 is 0 Å². The number of aryl methyl sites for hydroxylation is 1. The Morgan fingerprint density at radius 3 is 2.94 bits per heavy atom. The van der Waals surface area contributed by atoms with Gasteiger partial charge in [-0.3, -0.25) is 9.58 Å². The number of piperazine rings is 1. The summed E-state index contributed by atoms with van der Waals surface area (Å²) in [6, 6.07) is 3.33. The van der Waals surface area contributed by atoms with Crippen molar-refractivity contribution in [3.8, 4) is 0 Å². The molecule has 0 radical (unpaired) electrons. The lowest BCUT2D eigenvalue weighted by Gasteiger charge is -2.37. The summed E-state index contributed by atoms with van der Waals surface area (Å²) in [5, 5.41) is 7.82. The van der Waals surface area contributed by atoms with Gasteiger partial charge < -0.3 is 5.32 Å². The van der Waals surface area contributed by atoms with Gasteiger partial charge in [0, 0.05) is 44.5 Å². The maximum Gasteiger partial charge on any atom is 0.0524 e. The first-order chi connectivity index (χ1) is 7.70. The fourth-order valence-electron chi connectivity index (χ4n) is 2.30. The monoisotopic (exact) mass is 258 g/mol. The van der Waals surface area contributed by atoms with Crippen LogP contribution in [-0.4, -0.2) is 39.9 Å². The van der Waals surface area contributed by atoms with E-state index in [0.717, 1.165) is 26.2 Å². The Morgan fingerprint density at radius 2 is 2.24 bits per heavy atom. The van der Waals surface area contributed by atoms with Crippen molar-refractivity contribution < 1.29 is 0 Å². The molecule has 1 aromatic heterocycles. The Morgan fingerprint density at radius 1 is 1.47 bits per heavy atom. The minimum atomic E-state index is 0. The summed E-state index contributed by atoms with van der Waals surface area (Å²) in [5.74, 6) is 0. The molecule has 1 aromatic rings. The number of nitrogens with zero attached hydrogens (tertiary/aromatic N) is 3. The van der Waals surface area contributed by atoms with Gasteiger partial charge in [-0.2, -0.15) is 5.10 Å². The number of aromatic nitrogens is 2. The van der Waals surface area contributed by atoms with Crippen molar-refractivity contribution in [1.29, 1.82) is 0 Å². The summed E-state index contributed by atoms with van der Waals surface area (Å²) < 4.78 is 2.08. The summed E-state index contributed by atoms with van der Waals surface area (Å²) in [4.78, 5) is 2.53. The van der Waals surface area contributed by atoms with E-state index in [1.165, 1.54) is 5.69 Å². The largest absolute Gasteiger partial charge is 0.311 e. The average molecular weight is 259 g/mol. The molecular weight excluding hydrogens is 236 g/mol. The second-order valence-electron chi connectivity index (χ2n) is 4.73. The minimum absolute atomic E-state index is 0. The van der Waals surface area contributed by atoms with Gasteiger partial charge in [0.15, 0.2) is 0 Å². The van der Waals surface area contributed by atoms with E-state index in [9.17, 15) is 0 Å². The zero-order chi connectivity index (χ0) is 11.5. The van der Waals surface area contributed by atoms with Crippen LogP contribution in [0.3, 0.4) is 0 Å². The molecule has 2 atom stereocenters. The lowest BCUT2D eigenvalue weighted by Crippen LogP contribution is -2.53. The van der Waals surface area contributed by atoms with Gasteiger partial charge in [0.25, 0.3) is 0 Å². The van der Waals surface area contributed by atoms with Gasteiger partial charge >= 0.3 is 0 Å². The van der Waals surface area contributed by atoms with Crippen LogP contribution in [0.15, 0.2) is 12.3 Å². The Kier molecular flexibility index (Phi) is 5.43. The Hall–Kier alpha value is -0.580. The van der Waals surface area contributed by atoms with Crippen LogP contribution in [0.25, 0.3) is 0 Å². The molecule has 2 unspecified atom stereocenters. The summed E-state index contributed by atoms with van der Waals surface area (Å²) in [7, 11) is 0. The highest BCUT2D eigenvalue weighted by atomic mass is 35.5. The Bertz CT molecular complexity index is 339. The molecule has 1 aliphatic heterocycles. The molecule has 0 saturated carbocycles. The molecule has 2 rings (SSSR count). The van der Waals surface area contributed by atoms with Crippen molar-refractivity contribution in [2.75, 3.05) is 13.1 Å². The van der Waals surface area contributed by atoms with Gasteiger partial charge in [-0.25, -0.2) is 0 Å². The van der Waals surface area contributed by atoms with Crippen molar-refractivity contribution in [2.45, 2.75) is 45.9 Å². The third-order valence-electron chi connectivity index (χ3n) is 3.36. The van der Waals surface area contributed by atoms with Gasteiger partial charge in [-0.1, -0.05) is 0 Å². The van der Waals surface area contributed by atoms with Crippen LogP contribution in [0, 0.1) is 0 Å². The Labute approximate surface area is 110 Å². The standard InChI is InChI=1S/C12H22N4.ClH/c1-4-16-12(5-6-14-16)9-15-8-10(2)13-7-11(15)3;/h5-6,10-11,13H,4,7-9H2,1-3H3;1H. The first-order valence-corrected chi connectivity index (χ1v) is 6.18. The van der Waals surface area contributed by atoms with E-state index < -0.39 is 0 Å². The van der Waals surface area contributed by atoms with Gasteiger partial charge in [-0.15, -0.1) is 12.4 Å². The SMILES string of the molecule is CCn1nccc1CN1CC(C)NCC1C.Cl. The molecule has 1 N–H and O–H groups in total. The molecule has 2 heterocycles. The molecule has 0 aromatic carbocycles. The molecule has 4 nitrogen and oxygen atoms in total. The van der Waals surface area contributed by atoms with Crippen LogP contribution in [0.4, 0.5) is 0 Å². The number of halogens is 1. The van der Waals surface area contributed by atoms with Crippen LogP contribution >= 0.6 is 12.4 Å². The quantitative estimate of drug-likeness (QED) is 0.892. The van der Waals surface area contributed by atoms with E-state index in [0.29, 0.717) is 12.1 Å². The fraction of sp³-hybridized carbons (Fsp3) is 0.750. The highest BCUT2D eigenvalue weighted by Gasteiger charge is 2.22. The van der Waals surface area contributed by atoms with Crippen molar-refractivity contribution in [2.24, 2.45) is 0 Å². The van der Waals surface area contributed by atoms with E-state index in [4.69, 9.17) is 0 Å². The van der Waals surface area contributed by atoms with Gasteiger partial charge in [0.1, 0.15) is 0 Å². The summed E-state index contributed by atoms with van der Waals surface area (Å²) >= 11 is 0. The van der Waals surface area contributed by atoms with Crippen LogP contribution < -0.4 is 5.32 Å². The summed E-state index contributed by atoms with van der Waals surface area (Å²) in [5.41, 5.74) is 1.32. The second-order valence-corrected chi connectivity index (χ2v) is 4.73. The molecule has 5 heteroatoms. The average Bonchev–Trinajstić information content (AvgIpc) is 2.71. The van der Waals surface area contributed by atoms with E-state index in [1.807, 2.05) is 6.20 Å². The molecule has 0 spiro atoms. The van der Waals surface area contributed by atoms with Crippen molar-refractivity contribution >= 4 is 12.4 Å². The third kappa shape index (κ3) is 3.44. The first-order valence-electron chi connectivity index (χ1n) is 6.18. The molecule has 98 valence electrons. The van der Waals surface area contributed by atoms with E-state index in [2.05, 4.69) is 46.8 Å². The lowest BCUT2D eigenvalue weighted by molar-refractivity contribution is 0.135. The maximum absolute atomic E-state index is 4.32. The zero-order valence-electron chi connectivity index (χ0n) is 10.9. The first kappa shape index (κ1) is 14.5. The number of hydrogen-bond donors (Lipinski definition) is 1. The van der Waals surface area contributed by atoms with Gasteiger partial charge in [0.05, 0.1) is 5.69 Å². The maximum atomic E-state index is 4.32. The molecular formula is C12H23ClN4. The molecule has 17 heavy (non-hydrogen) atoms. The van der Waals surface area contributed by atoms with Crippen LogP contribution in [-0.2, 0) is 13.1 Å². The highest BCUT2D eigenvalue weighted by Crippen LogP contribution is 2.12. The molecule has 0 aliphatic carbocycles.